The van der Waals surface area contributed by atoms with Crippen LogP contribution in [-0.4, -0.2) is 61.9 Å². The van der Waals surface area contributed by atoms with Crippen molar-refractivity contribution in [1.29, 1.82) is 0 Å². The van der Waals surface area contributed by atoms with Crippen molar-refractivity contribution in [3.8, 4) is 0 Å². The molecule has 1 aliphatic heterocycles. The van der Waals surface area contributed by atoms with Crippen LogP contribution in [0.4, 0.5) is 4.79 Å². The number of morpholine rings is 1. The second-order valence-electron chi connectivity index (χ2n) is 6.81. The van der Waals surface area contributed by atoms with E-state index in [1.54, 1.807) is 0 Å². The fourth-order valence-electron chi connectivity index (χ4n) is 3.53. The fourth-order valence-corrected chi connectivity index (χ4v) is 3.53. The number of furan rings is 1. The van der Waals surface area contributed by atoms with Gasteiger partial charge in [0, 0.05) is 37.2 Å². The number of hydrogen-bond donors (Lipinski definition) is 3. The van der Waals surface area contributed by atoms with Crippen molar-refractivity contribution in [2.45, 2.75) is 32.6 Å². The van der Waals surface area contributed by atoms with Crippen molar-refractivity contribution in [1.82, 2.24) is 15.6 Å². The van der Waals surface area contributed by atoms with Gasteiger partial charge in [0.15, 0.2) is 5.76 Å². The molecule has 27 heavy (non-hydrogen) atoms. The van der Waals surface area contributed by atoms with Gasteiger partial charge in [-0.3, -0.25) is 9.69 Å². The van der Waals surface area contributed by atoms with Gasteiger partial charge >= 0.3 is 6.03 Å². The van der Waals surface area contributed by atoms with Gasteiger partial charge in [-0.25, -0.2) is 10.2 Å². The van der Waals surface area contributed by atoms with Gasteiger partial charge < -0.3 is 20.2 Å². The molecule has 2 heterocycles. The van der Waals surface area contributed by atoms with Crippen LogP contribution in [0.15, 0.2) is 9.52 Å². The Morgan fingerprint density at radius 1 is 1.26 bits per heavy atom. The highest BCUT2D eigenvalue weighted by Gasteiger charge is 2.27. The average Bonchev–Trinajstić information content (AvgIpc) is 3.01. The number of urea groups is 1. The number of hydrogen-bond acceptors (Lipinski definition) is 6. The van der Waals surface area contributed by atoms with E-state index >= 15 is 0 Å². The molecule has 0 saturated carbocycles. The SMILES string of the molecule is Cc1c(C(=O)NCCCN2CCOCC2)oc2c1/C(=N/NC(N)=O)CCC2. The molecule has 0 aromatic carbocycles. The first-order valence-electron chi connectivity index (χ1n) is 9.39. The Kier molecular flexibility index (Phi) is 6.46. The van der Waals surface area contributed by atoms with Gasteiger partial charge in [0.25, 0.3) is 5.91 Å². The third-order valence-electron chi connectivity index (χ3n) is 4.87. The number of amides is 3. The highest BCUT2D eigenvalue weighted by molar-refractivity contribution is 6.06. The zero-order valence-corrected chi connectivity index (χ0v) is 15.7. The molecule has 9 nitrogen and oxygen atoms in total. The first-order chi connectivity index (χ1) is 13.1. The number of nitrogens with two attached hydrogens (primary N) is 1. The van der Waals surface area contributed by atoms with Crippen molar-refractivity contribution in [2.75, 3.05) is 39.4 Å². The maximum Gasteiger partial charge on any atom is 0.332 e. The van der Waals surface area contributed by atoms with E-state index in [1.807, 2.05) is 6.92 Å². The van der Waals surface area contributed by atoms with Crippen LogP contribution in [0.3, 0.4) is 0 Å². The summed E-state index contributed by atoms with van der Waals surface area (Å²) in [5.74, 6) is 0.841. The van der Waals surface area contributed by atoms with Gasteiger partial charge in [0.2, 0.25) is 0 Å². The van der Waals surface area contributed by atoms with Gasteiger partial charge in [0.1, 0.15) is 5.76 Å². The minimum absolute atomic E-state index is 0.217. The van der Waals surface area contributed by atoms with Gasteiger partial charge in [-0.2, -0.15) is 5.10 Å². The first kappa shape index (κ1) is 19.4. The van der Waals surface area contributed by atoms with Gasteiger partial charge in [-0.15, -0.1) is 0 Å². The molecule has 0 atom stereocenters. The third kappa shape index (κ3) is 4.86. The zero-order valence-electron chi connectivity index (χ0n) is 15.7. The summed E-state index contributed by atoms with van der Waals surface area (Å²) in [6.07, 6.45) is 3.17. The molecule has 4 N–H and O–H groups in total. The molecule has 9 heteroatoms. The van der Waals surface area contributed by atoms with Crippen molar-refractivity contribution in [3.63, 3.8) is 0 Å². The maximum atomic E-state index is 12.5. The van der Waals surface area contributed by atoms with Gasteiger partial charge in [-0.1, -0.05) is 0 Å². The standard InChI is InChI=1S/C18H27N5O4/c1-12-15-13(21-22-18(19)25)4-2-5-14(15)27-16(12)17(24)20-6-3-7-23-8-10-26-11-9-23/h2-11H2,1H3,(H,20,24)(H3,19,22,25)/b21-13+. The van der Waals surface area contributed by atoms with Crippen LogP contribution in [0.25, 0.3) is 0 Å². The number of carbonyl (C=O) groups excluding carboxylic acids is 2. The summed E-state index contributed by atoms with van der Waals surface area (Å²) in [6.45, 7) is 6.81. The Morgan fingerprint density at radius 3 is 2.78 bits per heavy atom. The number of carbonyl (C=O) groups is 2. The van der Waals surface area contributed by atoms with Gasteiger partial charge in [-0.05, 0) is 32.7 Å². The highest BCUT2D eigenvalue weighted by Crippen LogP contribution is 2.29. The van der Waals surface area contributed by atoms with E-state index in [9.17, 15) is 9.59 Å². The minimum atomic E-state index is -0.714. The lowest BCUT2D eigenvalue weighted by atomic mass is 9.93. The molecule has 3 rings (SSSR count). The van der Waals surface area contributed by atoms with Crippen LogP contribution >= 0.6 is 0 Å². The maximum absolute atomic E-state index is 12.5. The molecule has 0 unspecified atom stereocenters. The third-order valence-corrected chi connectivity index (χ3v) is 4.87. The van der Waals surface area contributed by atoms with Crippen molar-refractivity contribution >= 4 is 17.6 Å². The van der Waals surface area contributed by atoms with E-state index in [-0.39, 0.29) is 5.91 Å². The molecule has 2 aliphatic rings. The van der Waals surface area contributed by atoms with E-state index in [1.165, 1.54) is 0 Å². The lowest BCUT2D eigenvalue weighted by Gasteiger charge is -2.26. The Morgan fingerprint density at radius 2 is 2.04 bits per heavy atom. The fraction of sp³-hybridized carbons (Fsp3) is 0.611. The topological polar surface area (TPSA) is 122 Å². The second kappa shape index (κ2) is 9.01. The van der Waals surface area contributed by atoms with E-state index in [2.05, 4.69) is 20.7 Å². The summed E-state index contributed by atoms with van der Waals surface area (Å²) < 4.78 is 11.1. The van der Waals surface area contributed by atoms with Crippen molar-refractivity contribution < 1.29 is 18.7 Å². The summed E-state index contributed by atoms with van der Waals surface area (Å²) in [5, 5.41) is 7.00. The minimum Gasteiger partial charge on any atom is -0.455 e. The largest absolute Gasteiger partial charge is 0.455 e. The molecule has 1 aliphatic carbocycles. The number of primary amides is 1. The molecule has 0 bridgehead atoms. The van der Waals surface area contributed by atoms with Crippen LogP contribution in [0.1, 0.15) is 46.7 Å². The highest BCUT2D eigenvalue weighted by atomic mass is 16.5. The normalized spacial score (nSPS) is 18.9. The number of ether oxygens (including phenoxy) is 1. The van der Waals surface area contributed by atoms with E-state index < -0.39 is 6.03 Å². The molecular formula is C18H27N5O4. The smallest absolute Gasteiger partial charge is 0.332 e. The molecule has 3 amide bonds. The summed E-state index contributed by atoms with van der Waals surface area (Å²) in [5.41, 5.74) is 9.61. The zero-order chi connectivity index (χ0) is 19.2. The van der Waals surface area contributed by atoms with Crippen LogP contribution in [0.5, 0.6) is 0 Å². The molecule has 1 saturated heterocycles. The van der Waals surface area contributed by atoms with Crippen LogP contribution in [0.2, 0.25) is 0 Å². The molecule has 0 spiro atoms. The van der Waals surface area contributed by atoms with E-state index in [0.717, 1.165) is 69.0 Å². The second-order valence-corrected chi connectivity index (χ2v) is 6.81. The predicted molar refractivity (Wildman–Crippen MR) is 99.8 cm³/mol. The Balaban J connectivity index is 1.59. The summed E-state index contributed by atoms with van der Waals surface area (Å²) in [7, 11) is 0. The summed E-state index contributed by atoms with van der Waals surface area (Å²) >= 11 is 0. The van der Waals surface area contributed by atoms with E-state index in [4.69, 9.17) is 14.9 Å². The Hall–Kier alpha value is -2.39. The van der Waals surface area contributed by atoms with Crippen molar-refractivity contribution in [2.24, 2.45) is 10.8 Å². The first-order valence-corrected chi connectivity index (χ1v) is 9.39. The lowest BCUT2D eigenvalue weighted by Crippen LogP contribution is -2.38. The number of fused-ring (bicyclic) bond motifs is 1. The number of hydrazone groups is 1. The van der Waals surface area contributed by atoms with Crippen LogP contribution in [-0.2, 0) is 11.2 Å². The lowest BCUT2D eigenvalue weighted by molar-refractivity contribution is 0.0374. The Bertz CT molecular complexity index is 722. The number of aryl methyl sites for hydroxylation is 1. The average molecular weight is 377 g/mol. The summed E-state index contributed by atoms with van der Waals surface area (Å²) in [6, 6.07) is -0.714. The Labute approximate surface area is 158 Å². The predicted octanol–water partition coefficient (Wildman–Crippen LogP) is 0.749. The molecule has 0 radical (unpaired) electrons. The number of nitrogens with one attached hydrogen (secondary N) is 2. The van der Waals surface area contributed by atoms with Crippen molar-refractivity contribution in [3.05, 3.63) is 22.6 Å². The van der Waals surface area contributed by atoms with Crippen LogP contribution < -0.4 is 16.5 Å². The molecule has 1 fully saturated rings. The van der Waals surface area contributed by atoms with E-state index in [0.29, 0.717) is 24.4 Å². The summed E-state index contributed by atoms with van der Waals surface area (Å²) in [4.78, 5) is 25.8. The number of rotatable bonds is 6. The molecular weight excluding hydrogens is 350 g/mol. The number of nitrogens with zero attached hydrogens (tertiary/aromatic N) is 2. The van der Waals surface area contributed by atoms with Crippen LogP contribution in [0, 0.1) is 6.92 Å². The quantitative estimate of drug-likeness (QED) is 0.499. The molecule has 148 valence electrons. The van der Waals surface area contributed by atoms with Gasteiger partial charge in [0.05, 0.1) is 18.9 Å². The molecule has 1 aromatic heterocycles. The molecule has 1 aromatic rings. The monoisotopic (exact) mass is 377 g/mol.